The molecule has 1 aromatic rings. The summed E-state index contributed by atoms with van der Waals surface area (Å²) < 4.78 is 5.70. The molecule has 20 heavy (non-hydrogen) atoms. The lowest BCUT2D eigenvalue weighted by Crippen LogP contribution is -2.27. The standard InChI is InChI=1S/C15H20N2O2S/c16-9-3-6-13-7-8-14(20-13)15(18)17-10-11-19-12-4-1-2-5-12/h7-8,12H,1-2,4-5,9-11,16H2,(H,17,18). The van der Waals surface area contributed by atoms with E-state index in [1.165, 1.54) is 24.2 Å². The molecule has 0 spiro atoms. The SMILES string of the molecule is NCC#Cc1ccc(C(=O)NCCOC2CCCC2)s1. The zero-order valence-electron chi connectivity index (χ0n) is 11.5. The molecule has 0 bridgehead atoms. The van der Waals surface area contributed by atoms with E-state index in [0.29, 0.717) is 30.7 Å². The van der Waals surface area contributed by atoms with Crippen LogP contribution < -0.4 is 11.1 Å². The first-order chi connectivity index (χ1) is 9.79. The molecule has 1 saturated carbocycles. The zero-order valence-corrected chi connectivity index (χ0v) is 12.3. The van der Waals surface area contributed by atoms with Gasteiger partial charge < -0.3 is 15.8 Å². The lowest BCUT2D eigenvalue weighted by atomic mass is 10.3. The monoisotopic (exact) mass is 292 g/mol. The quantitative estimate of drug-likeness (QED) is 0.642. The second-order valence-corrected chi connectivity index (χ2v) is 5.79. The van der Waals surface area contributed by atoms with Crippen LogP contribution in [0.5, 0.6) is 0 Å². The third-order valence-electron chi connectivity index (χ3n) is 3.19. The summed E-state index contributed by atoms with van der Waals surface area (Å²) in [6.07, 6.45) is 5.23. The van der Waals surface area contributed by atoms with E-state index in [-0.39, 0.29) is 5.91 Å². The fraction of sp³-hybridized carbons (Fsp3) is 0.533. The Bertz CT molecular complexity index is 495. The summed E-state index contributed by atoms with van der Waals surface area (Å²) in [4.78, 5) is 13.4. The van der Waals surface area contributed by atoms with Crippen molar-refractivity contribution in [1.29, 1.82) is 0 Å². The van der Waals surface area contributed by atoms with Crippen molar-refractivity contribution in [2.24, 2.45) is 5.73 Å². The van der Waals surface area contributed by atoms with Gasteiger partial charge >= 0.3 is 0 Å². The fourth-order valence-electron chi connectivity index (χ4n) is 2.20. The highest BCUT2D eigenvalue weighted by molar-refractivity contribution is 7.14. The van der Waals surface area contributed by atoms with Gasteiger partial charge in [0.25, 0.3) is 5.91 Å². The first-order valence-electron chi connectivity index (χ1n) is 6.98. The number of hydrogen-bond donors (Lipinski definition) is 2. The lowest BCUT2D eigenvalue weighted by Gasteiger charge is -2.11. The van der Waals surface area contributed by atoms with Gasteiger partial charge in [0.1, 0.15) is 0 Å². The van der Waals surface area contributed by atoms with E-state index in [4.69, 9.17) is 10.5 Å². The Kier molecular flexibility index (Phi) is 6.06. The predicted molar refractivity (Wildman–Crippen MR) is 80.8 cm³/mol. The molecule has 0 radical (unpaired) electrons. The van der Waals surface area contributed by atoms with Gasteiger partial charge in [-0.15, -0.1) is 11.3 Å². The topological polar surface area (TPSA) is 64.4 Å². The molecule has 0 atom stereocenters. The van der Waals surface area contributed by atoms with Crippen LogP contribution in [0.15, 0.2) is 12.1 Å². The van der Waals surface area contributed by atoms with Gasteiger partial charge in [0.2, 0.25) is 0 Å². The number of thiophene rings is 1. The van der Waals surface area contributed by atoms with E-state index in [0.717, 1.165) is 17.7 Å². The van der Waals surface area contributed by atoms with E-state index in [1.807, 2.05) is 6.07 Å². The molecule has 1 heterocycles. The first-order valence-corrected chi connectivity index (χ1v) is 7.80. The highest BCUT2D eigenvalue weighted by Gasteiger charge is 2.15. The van der Waals surface area contributed by atoms with Crippen LogP contribution in [0, 0.1) is 11.8 Å². The highest BCUT2D eigenvalue weighted by Crippen LogP contribution is 2.20. The average molecular weight is 292 g/mol. The minimum atomic E-state index is -0.0641. The van der Waals surface area contributed by atoms with Crippen molar-refractivity contribution in [3.63, 3.8) is 0 Å². The second-order valence-electron chi connectivity index (χ2n) is 4.70. The largest absolute Gasteiger partial charge is 0.376 e. The summed E-state index contributed by atoms with van der Waals surface area (Å²) in [6, 6.07) is 3.63. The maximum atomic E-state index is 11.9. The van der Waals surface area contributed by atoms with E-state index >= 15 is 0 Å². The Labute approximate surface area is 123 Å². The molecule has 108 valence electrons. The van der Waals surface area contributed by atoms with Gasteiger partial charge in [-0.2, -0.15) is 0 Å². The molecule has 0 aliphatic heterocycles. The van der Waals surface area contributed by atoms with Crippen LogP contribution >= 0.6 is 11.3 Å². The molecule has 0 unspecified atom stereocenters. The van der Waals surface area contributed by atoms with Gasteiger partial charge in [0.05, 0.1) is 29.0 Å². The van der Waals surface area contributed by atoms with Crippen LogP contribution in [0.4, 0.5) is 0 Å². The van der Waals surface area contributed by atoms with Crippen molar-refractivity contribution in [1.82, 2.24) is 5.32 Å². The van der Waals surface area contributed by atoms with E-state index < -0.39 is 0 Å². The molecule has 5 heteroatoms. The van der Waals surface area contributed by atoms with E-state index in [9.17, 15) is 4.79 Å². The Morgan fingerprint density at radius 1 is 1.45 bits per heavy atom. The van der Waals surface area contributed by atoms with Crippen LogP contribution in [0.1, 0.15) is 40.2 Å². The summed E-state index contributed by atoms with van der Waals surface area (Å²) >= 11 is 1.38. The normalized spacial score (nSPS) is 14.8. The average Bonchev–Trinajstić information content (AvgIpc) is 3.12. The van der Waals surface area contributed by atoms with Crippen molar-refractivity contribution >= 4 is 17.2 Å². The van der Waals surface area contributed by atoms with Gasteiger partial charge in [-0.3, -0.25) is 4.79 Å². The lowest BCUT2D eigenvalue weighted by molar-refractivity contribution is 0.0582. The van der Waals surface area contributed by atoms with Crippen LogP contribution in [-0.4, -0.2) is 31.7 Å². The molecule has 1 aliphatic rings. The van der Waals surface area contributed by atoms with Crippen molar-refractivity contribution in [3.8, 4) is 11.8 Å². The molecular formula is C15H20N2O2S. The molecule has 1 fully saturated rings. The number of nitrogens with two attached hydrogens (primary N) is 1. The number of hydrogen-bond acceptors (Lipinski definition) is 4. The summed E-state index contributed by atoms with van der Waals surface area (Å²) in [5.74, 6) is 5.64. The van der Waals surface area contributed by atoms with Crippen molar-refractivity contribution in [2.75, 3.05) is 19.7 Å². The minimum absolute atomic E-state index is 0.0641. The second kappa shape index (κ2) is 8.05. The van der Waals surface area contributed by atoms with Crippen LogP contribution in [0.25, 0.3) is 0 Å². The highest BCUT2D eigenvalue weighted by atomic mass is 32.1. The Morgan fingerprint density at radius 2 is 2.25 bits per heavy atom. The summed E-state index contributed by atoms with van der Waals surface area (Å²) in [5.41, 5.74) is 5.31. The fourth-order valence-corrected chi connectivity index (χ4v) is 2.99. The summed E-state index contributed by atoms with van der Waals surface area (Å²) in [7, 11) is 0. The molecule has 2 rings (SSSR count). The molecule has 0 saturated heterocycles. The zero-order chi connectivity index (χ0) is 14.2. The molecule has 3 N–H and O–H groups in total. The maximum Gasteiger partial charge on any atom is 0.261 e. The van der Waals surface area contributed by atoms with E-state index in [1.54, 1.807) is 6.07 Å². The molecule has 1 amide bonds. The van der Waals surface area contributed by atoms with Crippen molar-refractivity contribution < 1.29 is 9.53 Å². The number of amides is 1. The maximum absolute atomic E-state index is 11.9. The van der Waals surface area contributed by atoms with Crippen molar-refractivity contribution in [2.45, 2.75) is 31.8 Å². The molecule has 1 aliphatic carbocycles. The number of carbonyl (C=O) groups is 1. The Hall–Kier alpha value is -1.35. The van der Waals surface area contributed by atoms with Gasteiger partial charge in [-0.25, -0.2) is 0 Å². The predicted octanol–water partition coefficient (Wildman–Crippen LogP) is 1.75. The summed E-state index contributed by atoms with van der Waals surface area (Å²) in [5, 5.41) is 2.87. The van der Waals surface area contributed by atoms with Crippen LogP contribution in [0.3, 0.4) is 0 Å². The third kappa shape index (κ3) is 4.64. The first kappa shape index (κ1) is 15.0. The van der Waals surface area contributed by atoms with Gasteiger partial charge in [-0.1, -0.05) is 24.7 Å². The van der Waals surface area contributed by atoms with E-state index in [2.05, 4.69) is 17.2 Å². The minimum Gasteiger partial charge on any atom is -0.376 e. The Balaban J connectivity index is 1.69. The van der Waals surface area contributed by atoms with Crippen LogP contribution in [0.2, 0.25) is 0 Å². The summed E-state index contributed by atoms with van der Waals surface area (Å²) in [6.45, 7) is 1.47. The number of rotatable bonds is 5. The smallest absolute Gasteiger partial charge is 0.261 e. The number of ether oxygens (including phenoxy) is 1. The number of nitrogens with one attached hydrogen (secondary N) is 1. The van der Waals surface area contributed by atoms with Crippen LogP contribution in [-0.2, 0) is 4.74 Å². The molecule has 4 nitrogen and oxygen atoms in total. The van der Waals surface area contributed by atoms with Gasteiger partial charge in [0, 0.05) is 6.54 Å². The Morgan fingerprint density at radius 3 is 3.00 bits per heavy atom. The third-order valence-corrected chi connectivity index (χ3v) is 4.19. The van der Waals surface area contributed by atoms with Gasteiger partial charge in [-0.05, 0) is 25.0 Å². The van der Waals surface area contributed by atoms with Crippen molar-refractivity contribution in [3.05, 3.63) is 21.9 Å². The van der Waals surface area contributed by atoms with Gasteiger partial charge in [0.15, 0.2) is 0 Å². The molecular weight excluding hydrogens is 272 g/mol. The molecule has 0 aromatic carbocycles. The number of carbonyl (C=O) groups excluding carboxylic acids is 1. The molecule has 1 aromatic heterocycles.